The Bertz CT molecular complexity index is 1340. The van der Waals surface area contributed by atoms with Gasteiger partial charge in [-0.1, -0.05) is 24.3 Å². The molecule has 0 spiro atoms. The smallest absolute Gasteiger partial charge is 0.378 e. The van der Waals surface area contributed by atoms with Crippen molar-refractivity contribution >= 4 is 5.91 Å². The molecule has 2 aromatic carbocycles. The molecule has 0 atom stereocenters. The minimum atomic E-state index is -4.58. The number of morpholine rings is 1. The fourth-order valence-electron chi connectivity index (χ4n) is 3.66. The summed E-state index contributed by atoms with van der Waals surface area (Å²) < 4.78 is 46.4. The van der Waals surface area contributed by atoms with Crippen LogP contribution < -0.4 is 11.2 Å². The van der Waals surface area contributed by atoms with Gasteiger partial charge in [0.2, 0.25) is 5.69 Å². The molecule has 0 radical (unpaired) electrons. The van der Waals surface area contributed by atoms with Crippen molar-refractivity contribution in [2.75, 3.05) is 26.3 Å². The number of benzene rings is 2. The zero-order valence-electron chi connectivity index (χ0n) is 18.2. The maximum absolute atomic E-state index is 13.2. The van der Waals surface area contributed by atoms with Gasteiger partial charge < -0.3 is 9.64 Å². The zero-order chi connectivity index (χ0) is 24.5. The van der Waals surface area contributed by atoms with Gasteiger partial charge in [-0.25, -0.2) is 4.79 Å². The lowest BCUT2D eigenvalue weighted by molar-refractivity contribution is -0.137. The molecule has 1 fully saturated rings. The molecule has 1 aliphatic heterocycles. The van der Waals surface area contributed by atoms with Crippen LogP contribution in [0.1, 0.15) is 27.2 Å². The van der Waals surface area contributed by atoms with Crippen LogP contribution in [0, 0.1) is 6.92 Å². The van der Waals surface area contributed by atoms with E-state index in [1.165, 1.54) is 17.0 Å². The monoisotopic (exact) mass is 474 g/mol. The predicted octanol–water partition coefficient (Wildman–Crippen LogP) is 2.24. The third-order valence-corrected chi connectivity index (χ3v) is 5.40. The fraction of sp³-hybridized carbons (Fsp3) is 0.304. The summed E-state index contributed by atoms with van der Waals surface area (Å²) in [5.74, 6) is -0.674. The van der Waals surface area contributed by atoms with Gasteiger partial charge in [0.1, 0.15) is 0 Å². The van der Waals surface area contributed by atoms with E-state index in [0.29, 0.717) is 18.9 Å². The second-order valence-corrected chi connectivity index (χ2v) is 7.88. The summed E-state index contributed by atoms with van der Waals surface area (Å²) in [5, 5.41) is 4.08. The van der Waals surface area contributed by atoms with Crippen molar-refractivity contribution in [1.29, 1.82) is 0 Å². The third-order valence-electron chi connectivity index (χ3n) is 5.40. The summed E-state index contributed by atoms with van der Waals surface area (Å²) in [6.45, 7) is 2.42. The number of hydrogen-bond acceptors (Lipinski definition) is 5. The predicted molar refractivity (Wildman–Crippen MR) is 116 cm³/mol. The number of rotatable bonds is 4. The first kappa shape index (κ1) is 23.4. The Morgan fingerprint density at radius 2 is 1.76 bits per heavy atom. The molecule has 3 aromatic rings. The normalized spacial score (nSPS) is 14.3. The van der Waals surface area contributed by atoms with Crippen LogP contribution in [0.5, 0.6) is 0 Å². The Morgan fingerprint density at radius 3 is 2.44 bits per heavy atom. The first-order chi connectivity index (χ1) is 16.1. The van der Waals surface area contributed by atoms with Crippen LogP contribution in [0.15, 0.2) is 58.1 Å². The second-order valence-electron chi connectivity index (χ2n) is 7.88. The lowest BCUT2D eigenvalue weighted by atomic mass is 10.1. The summed E-state index contributed by atoms with van der Waals surface area (Å²) >= 11 is 0. The highest BCUT2D eigenvalue weighted by Crippen LogP contribution is 2.29. The highest BCUT2D eigenvalue weighted by atomic mass is 19.4. The van der Waals surface area contributed by atoms with Gasteiger partial charge in [-0.2, -0.15) is 23.0 Å². The number of hydrogen-bond donors (Lipinski definition) is 0. The van der Waals surface area contributed by atoms with Crippen molar-refractivity contribution in [3.05, 3.63) is 91.8 Å². The average molecular weight is 474 g/mol. The maximum Gasteiger partial charge on any atom is 0.416 e. The Kier molecular flexibility index (Phi) is 6.38. The summed E-state index contributed by atoms with van der Waals surface area (Å²) in [7, 11) is 0. The van der Waals surface area contributed by atoms with Gasteiger partial charge in [0.25, 0.3) is 11.5 Å². The first-order valence-electron chi connectivity index (χ1n) is 10.5. The molecule has 8 nitrogen and oxygen atoms in total. The number of carbonyl (C=O) groups excluding carboxylic acids is 1. The van der Waals surface area contributed by atoms with Crippen LogP contribution in [0.2, 0.25) is 0 Å². The molecule has 1 amide bonds. The molecule has 0 saturated carbocycles. The van der Waals surface area contributed by atoms with Crippen molar-refractivity contribution in [2.24, 2.45) is 0 Å². The number of aryl methyl sites for hydroxylation is 1. The number of alkyl halides is 3. The van der Waals surface area contributed by atoms with Crippen LogP contribution in [0.4, 0.5) is 13.2 Å². The van der Waals surface area contributed by atoms with Gasteiger partial charge in [-0.3, -0.25) is 14.2 Å². The van der Waals surface area contributed by atoms with Crippen molar-refractivity contribution < 1.29 is 22.7 Å². The maximum atomic E-state index is 13.2. The van der Waals surface area contributed by atoms with Crippen LogP contribution in [0.25, 0.3) is 5.69 Å². The second kappa shape index (κ2) is 9.26. The number of amides is 1. The molecule has 1 saturated heterocycles. The average Bonchev–Trinajstić information content (AvgIpc) is 2.82. The van der Waals surface area contributed by atoms with Crippen LogP contribution in [-0.4, -0.2) is 51.5 Å². The van der Waals surface area contributed by atoms with Crippen molar-refractivity contribution in [2.45, 2.75) is 19.6 Å². The number of halogens is 3. The molecule has 178 valence electrons. The molecule has 34 heavy (non-hydrogen) atoms. The fourth-order valence-corrected chi connectivity index (χ4v) is 3.66. The van der Waals surface area contributed by atoms with E-state index in [0.717, 1.165) is 26.9 Å². The topological polar surface area (TPSA) is 86.4 Å². The standard InChI is InChI=1S/C23H21F3N4O4/c1-15-4-2-7-18(12-15)30-22(33)29(14-16-5-3-6-17(13-16)23(24,25)26)21(32)19(27-30)20(31)28-8-10-34-11-9-28/h2-7,12-13H,8-11,14H2,1H3. The minimum absolute atomic E-state index is 0.0841. The molecular weight excluding hydrogens is 453 g/mol. The lowest BCUT2D eigenvalue weighted by Crippen LogP contribution is -2.48. The van der Waals surface area contributed by atoms with E-state index in [4.69, 9.17) is 4.74 Å². The lowest BCUT2D eigenvalue weighted by Gasteiger charge is -2.26. The molecule has 0 aliphatic carbocycles. The Balaban J connectivity index is 1.86. The molecule has 0 unspecified atom stereocenters. The van der Waals surface area contributed by atoms with E-state index in [9.17, 15) is 27.6 Å². The molecule has 0 N–H and O–H groups in total. The quantitative estimate of drug-likeness (QED) is 0.579. The molecule has 0 bridgehead atoms. The van der Waals surface area contributed by atoms with Gasteiger partial charge in [-0.05, 0) is 42.3 Å². The molecule has 11 heteroatoms. The number of carbonyl (C=O) groups is 1. The molecular formula is C23H21F3N4O4. The van der Waals surface area contributed by atoms with Crippen molar-refractivity contribution in [3.63, 3.8) is 0 Å². The molecule has 1 aromatic heterocycles. The van der Waals surface area contributed by atoms with Crippen LogP contribution >= 0.6 is 0 Å². The summed E-state index contributed by atoms with van der Waals surface area (Å²) in [4.78, 5) is 40.9. The van der Waals surface area contributed by atoms with Gasteiger partial charge in [-0.15, -0.1) is 0 Å². The molecule has 2 heterocycles. The number of aromatic nitrogens is 3. The van der Waals surface area contributed by atoms with Crippen molar-refractivity contribution in [3.8, 4) is 5.69 Å². The SMILES string of the molecule is Cc1cccc(-n2nc(C(=O)N3CCOCC3)c(=O)n(Cc3cccc(C(F)(F)F)c3)c2=O)c1. The van der Waals surface area contributed by atoms with Gasteiger partial charge >= 0.3 is 11.9 Å². The van der Waals surface area contributed by atoms with E-state index >= 15 is 0 Å². The summed E-state index contributed by atoms with van der Waals surface area (Å²) in [6.07, 6.45) is -4.58. The minimum Gasteiger partial charge on any atom is -0.378 e. The Labute approximate surface area is 191 Å². The Morgan fingerprint density at radius 1 is 1.06 bits per heavy atom. The Hall–Kier alpha value is -3.73. The van der Waals surface area contributed by atoms with E-state index in [-0.39, 0.29) is 18.7 Å². The molecule has 4 rings (SSSR count). The van der Waals surface area contributed by atoms with Gasteiger partial charge in [0.05, 0.1) is 31.0 Å². The van der Waals surface area contributed by atoms with E-state index in [1.807, 2.05) is 0 Å². The zero-order valence-corrected chi connectivity index (χ0v) is 18.2. The number of nitrogens with zero attached hydrogens (tertiary/aromatic N) is 4. The summed E-state index contributed by atoms with van der Waals surface area (Å²) in [6, 6.07) is 11.1. The highest BCUT2D eigenvalue weighted by Gasteiger charge is 2.31. The van der Waals surface area contributed by atoms with E-state index in [2.05, 4.69) is 5.10 Å². The number of ether oxygens (including phenoxy) is 1. The third kappa shape index (κ3) is 4.79. The van der Waals surface area contributed by atoms with E-state index in [1.54, 1.807) is 31.2 Å². The largest absolute Gasteiger partial charge is 0.416 e. The van der Waals surface area contributed by atoms with Crippen LogP contribution in [-0.2, 0) is 17.5 Å². The molecule has 1 aliphatic rings. The van der Waals surface area contributed by atoms with E-state index < -0.39 is 41.1 Å². The highest BCUT2D eigenvalue weighted by molar-refractivity contribution is 5.91. The van der Waals surface area contributed by atoms with Crippen molar-refractivity contribution in [1.82, 2.24) is 19.2 Å². The summed E-state index contributed by atoms with van der Waals surface area (Å²) in [5.41, 5.74) is -2.03. The van der Waals surface area contributed by atoms with Gasteiger partial charge in [0.15, 0.2) is 0 Å². The first-order valence-corrected chi connectivity index (χ1v) is 10.5. The van der Waals surface area contributed by atoms with Gasteiger partial charge in [0, 0.05) is 13.1 Å². The van der Waals surface area contributed by atoms with Crippen LogP contribution in [0.3, 0.4) is 0 Å².